The molecule has 0 atom stereocenters. The molecule has 1 aliphatic rings. The molecule has 1 saturated heterocycles. The molecule has 0 aromatic carbocycles. The number of aliphatic hydroxyl groups is 1. The topological polar surface area (TPSA) is 76.1 Å². The maximum absolute atomic E-state index is 12.0. The minimum atomic E-state index is 0.00769. The number of carbonyl (C=O) groups excluding carboxylic acids is 2. The summed E-state index contributed by atoms with van der Waals surface area (Å²) in [5, 5.41) is 8.53. The lowest BCUT2D eigenvalue weighted by molar-refractivity contribution is -0.136. The summed E-state index contributed by atoms with van der Waals surface area (Å²) in [4.78, 5) is 25.8. The fourth-order valence-corrected chi connectivity index (χ4v) is 2.59. The van der Waals surface area contributed by atoms with Gasteiger partial charge in [0.15, 0.2) is 0 Å². The Balaban J connectivity index is 2.11. The summed E-state index contributed by atoms with van der Waals surface area (Å²) in [6.45, 7) is 6.76. The maximum atomic E-state index is 12.0. The maximum Gasteiger partial charge on any atom is 0.224 e. The summed E-state index contributed by atoms with van der Waals surface area (Å²) in [6.07, 6.45) is 1.92. The van der Waals surface area contributed by atoms with E-state index in [1.165, 1.54) is 0 Å². The predicted octanol–water partition coefficient (Wildman–Crippen LogP) is 0.866. The van der Waals surface area contributed by atoms with Crippen LogP contribution in [0.5, 0.6) is 0 Å². The number of ether oxygens (including phenoxy) is 2. The number of amides is 1. The predicted molar refractivity (Wildman–Crippen MR) is 82.5 cm³/mol. The van der Waals surface area contributed by atoms with Crippen LogP contribution in [-0.4, -0.2) is 67.8 Å². The first kappa shape index (κ1) is 19.1. The summed E-state index contributed by atoms with van der Waals surface area (Å²) in [5.74, 6) is 0.600. The van der Waals surface area contributed by atoms with Gasteiger partial charge in [0.25, 0.3) is 0 Å². The van der Waals surface area contributed by atoms with Gasteiger partial charge in [0, 0.05) is 24.9 Å². The van der Waals surface area contributed by atoms with Crippen molar-refractivity contribution in [2.45, 2.75) is 33.1 Å². The third-order valence-corrected chi connectivity index (χ3v) is 3.89. The molecule has 1 amide bonds. The van der Waals surface area contributed by atoms with Gasteiger partial charge in [0.05, 0.1) is 39.5 Å². The molecule has 1 fully saturated rings. The van der Waals surface area contributed by atoms with Gasteiger partial charge in [-0.2, -0.15) is 0 Å². The van der Waals surface area contributed by atoms with E-state index in [0.717, 1.165) is 12.8 Å². The average molecular weight is 315 g/mol. The van der Waals surface area contributed by atoms with Crippen LogP contribution in [0.25, 0.3) is 0 Å². The minimum Gasteiger partial charge on any atom is -0.394 e. The Morgan fingerprint density at radius 2 is 1.68 bits per heavy atom. The molecule has 0 saturated carbocycles. The highest BCUT2D eigenvalue weighted by atomic mass is 16.5. The first-order valence-electron chi connectivity index (χ1n) is 8.14. The number of ketones is 1. The van der Waals surface area contributed by atoms with Gasteiger partial charge in [-0.05, 0) is 12.8 Å². The molecule has 1 aliphatic heterocycles. The first-order chi connectivity index (χ1) is 10.6. The highest BCUT2D eigenvalue weighted by Gasteiger charge is 2.28. The molecule has 0 aromatic rings. The van der Waals surface area contributed by atoms with Crippen molar-refractivity contribution in [1.29, 1.82) is 0 Å². The average Bonchev–Trinajstić information content (AvgIpc) is 2.53. The summed E-state index contributed by atoms with van der Waals surface area (Å²) in [5.41, 5.74) is 0. The van der Waals surface area contributed by atoms with Crippen LogP contribution in [-0.2, 0) is 19.1 Å². The molecule has 1 heterocycles. The van der Waals surface area contributed by atoms with Gasteiger partial charge in [-0.1, -0.05) is 13.8 Å². The summed E-state index contributed by atoms with van der Waals surface area (Å²) < 4.78 is 10.4. The van der Waals surface area contributed by atoms with Crippen molar-refractivity contribution in [2.24, 2.45) is 11.8 Å². The Kier molecular flexibility index (Phi) is 9.27. The third-order valence-electron chi connectivity index (χ3n) is 3.89. The molecule has 0 unspecified atom stereocenters. The highest BCUT2D eigenvalue weighted by Crippen LogP contribution is 2.21. The number of Topliss-reactive ketones (excluding diaryl/α,β-unsaturated/α-hetero) is 1. The normalized spacial score (nSPS) is 16.3. The molecule has 6 nitrogen and oxygen atoms in total. The second kappa shape index (κ2) is 10.7. The molecular weight excluding hydrogens is 286 g/mol. The molecule has 1 N–H and O–H groups in total. The van der Waals surface area contributed by atoms with E-state index in [-0.39, 0.29) is 24.3 Å². The highest BCUT2D eigenvalue weighted by molar-refractivity contribution is 5.83. The second-order valence-corrected chi connectivity index (χ2v) is 5.91. The molecule has 128 valence electrons. The second-order valence-electron chi connectivity index (χ2n) is 5.91. The molecule has 0 spiro atoms. The first-order valence-corrected chi connectivity index (χ1v) is 8.14. The lowest BCUT2D eigenvalue weighted by Crippen LogP contribution is -2.41. The Labute approximate surface area is 132 Å². The van der Waals surface area contributed by atoms with E-state index in [0.29, 0.717) is 51.7 Å². The molecular formula is C16H29NO5. The van der Waals surface area contributed by atoms with E-state index < -0.39 is 0 Å². The minimum absolute atomic E-state index is 0.00769. The number of piperidine rings is 1. The van der Waals surface area contributed by atoms with Crippen LogP contribution in [0, 0.1) is 11.8 Å². The van der Waals surface area contributed by atoms with Gasteiger partial charge in [-0.3, -0.25) is 9.59 Å². The molecule has 0 radical (unpaired) electrons. The van der Waals surface area contributed by atoms with E-state index in [9.17, 15) is 9.59 Å². The largest absolute Gasteiger partial charge is 0.394 e. The summed E-state index contributed by atoms with van der Waals surface area (Å²) in [7, 11) is 0. The SMILES string of the molecule is CC(C)C(=O)C1CCN(C(=O)CCOCCOCCO)CC1. The van der Waals surface area contributed by atoms with E-state index in [1.54, 1.807) is 0 Å². The van der Waals surface area contributed by atoms with E-state index in [2.05, 4.69) is 0 Å². The van der Waals surface area contributed by atoms with Crippen molar-refractivity contribution in [2.75, 3.05) is 46.1 Å². The number of carbonyl (C=O) groups is 2. The van der Waals surface area contributed by atoms with E-state index >= 15 is 0 Å². The number of rotatable bonds is 10. The fourth-order valence-electron chi connectivity index (χ4n) is 2.59. The van der Waals surface area contributed by atoms with E-state index in [1.807, 2.05) is 18.7 Å². The fraction of sp³-hybridized carbons (Fsp3) is 0.875. The van der Waals surface area contributed by atoms with Crippen LogP contribution < -0.4 is 0 Å². The van der Waals surface area contributed by atoms with Crippen molar-refractivity contribution in [3.8, 4) is 0 Å². The smallest absolute Gasteiger partial charge is 0.224 e. The summed E-state index contributed by atoms with van der Waals surface area (Å²) in [6, 6.07) is 0. The zero-order valence-electron chi connectivity index (χ0n) is 13.8. The van der Waals surface area contributed by atoms with Crippen LogP contribution in [0.3, 0.4) is 0 Å². The van der Waals surface area contributed by atoms with Gasteiger partial charge in [-0.15, -0.1) is 0 Å². The van der Waals surface area contributed by atoms with Crippen molar-refractivity contribution in [3.63, 3.8) is 0 Å². The Morgan fingerprint density at radius 1 is 1.09 bits per heavy atom. The van der Waals surface area contributed by atoms with Gasteiger partial charge < -0.3 is 19.5 Å². The van der Waals surface area contributed by atoms with Crippen LogP contribution in [0.15, 0.2) is 0 Å². The number of likely N-dealkylation sites (tertiary alicyclic amines) is 1. The molecule has 6 heteroatoms. The van der Waals surface area contributed by atoms with Crippen LogP contribution in [0.4, 0.5) is 0 Å². The van der Waals surface area contributed by atoms with Crippen molar-refractivity contribution in [1.82, 2.24) is 4.90 Å². The molecule has 0 aromatic heterocycles. The van der Waals surface area contributed by atoms with Crippen molar-refractivity contribution >= 4 is 11.7 Å². The van der Waals surface area contributed by atoms with Gasteiger partial charge in [-0.25, -0.2) is 0 Å². The Hall–Kier alpha value is -0.980. The van der Waals surface area contributed by atoms with E-state index in [4.69, 9.17) is 14.6 Å². The zero-order valence-corrected chi connectivity index (χ0v) is 13.8. The van der Waals surface area contributed by atoms with Gasteiger partial charge in [0.1, 0.15) is 5.78 Å². The van der Waals surface area contributed by atoms with Crippen molar-refractivity contribution in [3.05, 3.63) is 0 Å². The zero-order chi connectivity index (χ0) is 16.4. The molecule has 0 aliphatic carbocycles. The number of nitrogens with zero attached hydrogens (tertiary/aromatic N) is 1. The van der Waals surface area contributed by atoms with Crippen molar-refractivity contribution < 1.29 is 24.2 Å². The molecule has 1 rings (SSSR count). The molecule has 0 bridgehead atoms. The standard InChI is InChI=1S/C16H29NO5/c1-13(2)16(20)14-3-6-17(7-4-14)15(19)5-9-21-11-12-22-10-8-18/h13-14,18H,3-12H2,1-2H3. The van der Waals surface area contributed by atoms with Gasteiger partial charge in [0.2, 0.25) is 5.91 Å². The third kappa shape index (κ3) is 6.85. The van der Waals surface area contributed by atoms with Gasteiger partial charge >= 0.3 is 0 Å². The lowest BCUT2D eigenvalue weighted by Gasteiger charge is -2.32. The number of hydrogen-bond acceptors (Lipinski definition) is 5. The quantitative estimate of drug-likeness (QED) is 0.605. The lowest BCUT2D eigenvalue weighted by atomic mass is 9.87. The monoisotopic (exact) mass is 315 g/mol. The van der Waals surface area contributed by atoms with Crippen LogP contribution in [0.2, 0.25) is 0 Å². The number of hydrogen-bond donors (Lipinski definition) is 1. The Morgan fingerprint density at radius 3 is 2.23 bits per heavy atom. The summed E-state index contributed by atoms with van der Waals surface area (Å²) >= 11 is 0. The molecule has 22 heavy (non-hydrogen) atoms. The van der Waals surface area contributed by atoms with Crippen LogP contribution >= 0.6 is 0 Å². The number of aliphatic hydroxyl groups excluding tert-OH is 1. The Bertz CT molecular complexity index is 337. The van der Waals surface area contributed by atoms with Crippen LogP contribution in [0.1, 0.15) is 33.1 Å².